The van der Waals surface area contributed by atoms with Crippen LogP contribution in [0.3, 0.4) is 0 Å². The summed E-state index contributed by atoms with van der Waals surface area (Å²) in [6.07, 6.45) is 16.1. The van der Waals surface area contributed by atoms with Crippen LogP contribution >= 0.6 is 0 Å². The summed E-state index contributed by atoms with van der Waals surface area (Å²) in [5.74, 6) is -4.81. The lowest BCUT2D eigenvalue weighted by Crippen LogP contribution is -2.57. The van der Waals surface area contributed by atoms with Gasteiger partial charge in [-0.3, -0.25) is 14.4 Å². The monoisotopic (exact) mass is 484 g/mol. The van der Waals surface area contributed by atoms with Gasteiger partial charge in [-0.1, -0.05) is 57.4 Å². The molecule has 0 saturated heterocycles. The van der Waals surface area contributed by atoms with Gasteiger partial charge in [-0.2, -0.15) is 0 Å². The van der Waals surface area contributed by atoms with Crippen LogP contribution in [0.1, 0.15) is 97.8 Å². The molecule has 0 aliphatic heterocycles. The minimum atomic E-state index is -0.936. The van der Waals surface area contributed by atoms with E-state index in [4.69, 9.17) is 0 Å². The zero-order valence-corrected chi connectivity index (χ0v) is 21.8. The Morgan fingerprint density at radius 2 is 0.912 bits per heavy atom. The number of aliphatic carboxylic acids is 3. The van der Waals surface area contributed by atoms with Gasteiger partial charge >= 0.3 is 17.9 Å². The van der Waals surface area contributed by atoms with Crippen molar-refractivity contribution in [3.63, 3.8) is 0 Å². The van der Waals surface area contributed by atoms with Gasteiger partial charge in [0, 0.05) is 0 Å². The second-order valence-electron chi connectivity index (χ2n) is 10.3. The molecule has 7 heteroatoms. The van der Waals surface area contributed by atoms with Crippen LogP contribution < -0.4 is 0 Å². The Balaban J connectivity index is 4.70. The van der Waals surface area contributed by atoms with Crippen LogP contribution in [0.5, 0.6) is 0 Å². The van der Waals surface area contributed by atoms with Crippen molar-refractivity contribution in [1.82, 2.24) is 0 Å². The van der Waals surface area contributed by atoms with Crippen molar-refractivity contribution in [2.24, 2.45) is 17.8 Å². The van der Waals surface area contributed by atoms with Crippen LogP contribution in [0.25, 0.3) is 0 Å². The van der Waals surface area contributed by atoms with E-state index in [1.54, 1.807) is 20.8 Å². The van der Waals surface area contributed by atoms with Crippen molar-refractivity contribution in [1.29, 1.82) is 0 Å². The molecule has 0 bridgehead atoms. The summed E-state index contributed by atoms with van der Waals surface area (Å²) in [6.45, 7) is 9.95. The van der Waals surface area contributed by atoms with Gasteiger partial charge in [-0.25, -0.2) is 0 Å². The predicted molar refractivity (Wildman–Crippen MR) is 136 cm³/mol. The molecule has 0 saturated carbocycles. The number of hydrogen-bond donors (Lipinski definition) is 3. The first-order valence-corrected chi connectivity index (χ1v) is 13.2. The van der Waals surface area contributed by atoms with E-state index in [-0.39, 0.29) is 24.1 Å². The molecule has 3 unspecified atom stereocenters. The average Bonchev–Trinajstić information content (AvgIpc) is 2.76. The van der Waals surface area contributed by atoms with Gasteiger partial charge in [-0.05, 0) is 46.5 Å². The van der Waals surface area contributed by atoms with Crippen molar-refractivity contribution in [3.8, 4) is 0 Å². The average molecular weight is 485 g/mol. The summed E-state index contributed by atoms with van der Waals surface area (Å²) in [4.78, 5) is 34.7. The van der Waals surface area contributed by atoms with Crippen LogP contribution in [-0.4, -0.2) is 63.9 Å². The van der Waals surface area contributed by atoms with Gasteiger partial charge in [0.1, 0.15) is 17.8 Å². The zero-order chi connectivity index (χ0) is 26.0. The summed E-state index contributed by atoms with van der Waals surface area (Å²) in [5, 5.41) is 28.4. The lowest BCUT2D eigenvalue weighted by molar-refractivity contribution is -0.934. The molecular formula is C27H50NO6+. The van der Waals surface area contributed by atoms with Gasteiger partial charge in [0.05, 0.1) is 26.2 Å². The first-order valence-electron chi connectivity index (χ1n) is 13.2. The van der Waals surface area contributed by atoms with Crippen LogP contribution in [-0.2, 0) is 14.4 Å². The van der Waals surface area contributed by atoms with Crippen molar-refractivity contribution in [3.05, 3.63) is 12.7 Å². The number of allylic oxidation sites excluding steroid dienone is 1. The maximum absolute atomic E-state index is 11.6. The number of hydrogen-bond acceptors (Lipinski definition) is 3. The first-order chi connectivity index (χ1) is 16.0. The highest BCUT2D eigenvalue weighted by Crippen LogP contribution is 2.22. The van der Waals surface area contributed by atoms with E-state index in [0.717, 1.165) is 25.7 Å². The summed E-state index contributed by atoms with van der Waals surface area (Å²) in [5.41, 5.74) is 0. The predicted octanol–water partition coefficient (Wildman–Crippen LogP) is 5.83. The summed E-state index contributed by atoms with van der Waals surface area (Å²) in [6, 6.07) is 0. The van der Waals surface area contributed by atoms with Gasteiger partial charge in [0.25, 0.3) is 0 Å². The minimum Gasteiger partial charge on any atom is -0.481 e. The Labute approximate surface area is 206 Å². The molecule has 0 aliphatic carbocycles. The maximum atomic E-state index is 11.6. The quantitative estimate of drug-likeness (QED) is 0.0955. The molecular weight excluding hydrogens is 434 g/mol. The van der Waals surface area contributed by atoms with E-state index in [9.17, 15) is 29.7 Å². The minimum absolute atomic E-state index is 0.222. The normalized spacial score (nSPS) is 15.7. The molecule has 7 nitrogen and oxygen atoms in total. The number of nitrogens with zero attached hydrogens (tertiary/aromatic N) is 1. The molecule has 3 N–H and O–H groups in total. The molecule has 0 aromatic heterocycles. The Kier molecular flexibility index (Phi) is 17.4. The van der Waals surface area contributed by atoms with Gasteiger partial charge in [0.15, 0.2) is 0 Å². The van der Waals surface area contributed by atoms with E-state index in [1.807, 2.05) is 6.08 Å². The fourth-order valence-electron chi connectivity index (χ4n) is 4.80. The largest absolute Gasteiger partial charge is 0.481 e. The summed E-state index contributed by atoms with van der Waals surface area (Å²) >= 11 is 0. The fourth-order valence-corrected chi connectivity index (χ4v) is 4.80. The van der Waals surface area contributed by atoms with E-state index < -0.39 is 35.7 Å². The third kappa shape index (κ3) is 15.1. The Bertz CT molecular complexity index is 551. The van der Waals surface area contributed by atoms with Crippen molar-refractivity contribution in [2.75, 3.05) is 26.2 Å². The molecule has 0 fully saturated rings. The van der Waals surface area contributed by atoms with Gasteiger partial charge in [0.2, 0.25) is 0 Å². The molecule has 0 aromatic rings. The standard InChI is InChI=1S/C27H49NO6/c1-5-6-7-8-9-10-11-12-13-14-15-16-17-18-28(19-22(2)25(29)30,20-23(3)26(31)32)21-24(4)27(33)34/h5,22-24H,1,6-21H2,2-4H3,(H2-,29,30,31,32,33,34)/p+1. The highest BCUT2D eigenvalue weighted by atomic mass is 16.4. The Morgan fingerprint density at radius 3 is 1.21 bits per heavy atom. The molecule has 0 rings (SSSR count). The SMILES string of the molecule is C=CCCCCCCCCCCCCC[N+](CC(C)C(=O)O)(CC(C)C(=O)O)CC(C)C(=O)O. The number of carboxylic acids is 3. The molecule has 0 radical (unpaired) electrons. The van der Waals surface area contributed by atoms with Crippen molar-refractivity contribution >= 4 is 17.9 Å². The molecule has 0 spiro atoms. The van der Waals surface area contributed by atoms with Crippen LogP contribution in [0.2, 0.25) is 0 Å². The third-order valence-electron chi connectivity index (χ3n) is 6.79. The van der Waals surface area contributed by atoms with Crippen LogP contribution in [0, 0.1) is 17.8 Å². The smallest absolute Gasteiger partial charge is 0.311 e. The second kappa shape index (κ2) is 18.4. The van der Waals surface area contributed by atoms with Crippen molar-refractivity contribution < 1.29 is 34.2 Å². The van der Waals surface area contributed by atoms with E-state index in [0.29, 0.717) is 6.54 Å². The maximum Gasteiger partial charge on any atom is 0.311 e. The van der Waals surface area contributed by atoms with E-state index in [1.165, 1.54) is 51.4 Å². The molecule has 0 amide bonds. The van der Waals surface area contributed by atoms with E-state index in [2.05, 4.69) is 6.58 Å². The molecule has 0 heterocycles. The fraction of sp³-hybridized carbons (Fsp3) is 0.815. The lowest BCUT2D eigenvalue weighted by atomic mass is 10.00. The highest BCUT2D eigenvalue weighted by Gasteiger charge is 2.38. The van der Waals surface area contributed by atoms with Crippen LogP contribution in [0.15, 0.2) is 12.7 Å². The third-order valence-corrected chi connectivity index (χ3v) is 6.79. The molecule has 198 valence electrons. The van der Waals surface area contributed by atoms with E-state index >= 15 is 0 Å². The number of quaternary nitrogens is 1. The lowest BCUT2D eigenvalue weighted by Gasteiger charge is -2.42. The topological polar surface area (TPSA) is 112 Å². The number of carboxylic acid groups (broad SMARTS) is 3. The van der Waals surface area contributed by atoms with Crippen molar-refractivity contribution in [2.45, 2.75) is 97.8 Å². The number of rotatable bonds is 23. The highest BCUT2D eigenvalue weighted by molar-refractivity contribution is 5.70. The Morgan fingerprint density at radius 1 is 0.618 bits per heavy atom. The Hall–Kier alpha value is -1.89. The van der Waals surface area contributed by atoms with Gasteiger partial charge in [-0.15, -0.1) is 6.58 Å². The summed E-state index contributed by atoms with van der Waals surface area (Å²) < 4.78 is 0.222. The zero-order valence-electron chi connectivity index (χ0n) is 21.8. The molecule has 0 aromatic carbocycles. The van der Waals surface area contributed by atoms with Crippen LogP contribution in [0.4, 0.5) is 0 Å². The molecule has 3 atom stereocenters. The molecule has 0 aliphatic rings. The number of unbranched alkanes of at least 4 members (excludes halogenated alkanes) is 11. The van der Waals surface area contributed by atoms with Gasteiger partial charge < -0.3 is 19.8 Å². The first kappa shape index (κ1) is 32.1. The number of carbonyl (C=O) groups is 3. The summed E-state index contributed by atoms with van der Waals surface area (Å²) in [7, 11) is 0. The molecule has 34 heavy (non-hydrogen) atoms. The second-order valence-corrected chi connectivity index (χ2v) is 10.3.